The van der Waals surface area contributed by atoms with Gasteiger partial charge in [0, 0.05) is 25.3 Å². The molecule has 1 heterocycles. The lowest BCUT2D eigenvalue weighted by atomic mass is 10.1. The van der Waals surface area contributed by atoms with Crippen LogP contribution in [0.15, 0.2) is 12.3 Å². The summed E-state index contributed by atoms with van der Waals surface area (Å²) in [7, 11) is 0. The van der Waals surface area contributed by atoms with Gasteiger partial charge < -0.3 is 15.0 Å². The van der Waals surface area contributed by atoms with Gasteiger partial charge in [0.05, 0.1) is 0 Å². The van der Waals surface area contributed by atoms with Gasteiger partial charge in [0.2, 0.25) is 0 Å². The lowest BCUT2D eigenvalue weighted by Crippen LogP contribution is -2.35. The van der Waals surface area contributed by atoms with Gasteiger partial charge >= 0.3 is 6.09 Å². The molecule has 0 radical (unpaired) electrons. The predicted molar refractivity (Wildman–Crippen MR) is 68.7 cm³/mol. The standard InChI is InChI=1S/C13H24N2O2/c1-10(2)15-7-6-11(9-15)8-14-12(16)17-13(3,4)5/h11H,1,6-9H2,2-5H3,(H,14,16). The number of alkyl carbamates (subject to hydrolysis) is 1. The van der Waals surface area contributed by atoms with Crippen molar-refractivity contribution in [2.75, 3.05) is 19.6 Å². The van der Waals surface area contributed by atoms with Gasteiger partial charge in [0.15, 0.2) is 0 Å². The lowest BCUT2D eigenvalue weighted by Gasteiger charge is -2.21. The van der Waals surface area contributed by atoms with Gasteiger partial charge in [0.1, 0.15) is 5.60 Å². The van der Waals surface area contributed by atoms with Crippen LogP contribution in [0.25, 0.3) is 0 Å². The van der Waals surface area contributed by atoms with E-state index in [2.05, 4.69) is 16.8 Å². The number of nitrogens with zero attached hydrogens (tertiary/aromatic N) is 1. The number of hydrogen-bond donors (Lipinski definition) is 1. The first-order valence-electron chi connectivity index (χ1n) is 6.15. The van der Waals surface area contributed by atoms with E-state index in [-0.39, 0.29) is 6.09 Å². The number of ether oxygens (including phenoxy) is 1. The van der Waals surface area contributed by atoms with Gasteiger partial charge in [-0.05, 0) is 40.0 Å². The Morgan fingerprint density at radius 1 is 1.53 bits per heavy atom. The van der Waals surface area contributed by atoms with Crippen molar-refractivity contribution < 1.29 is 9.53 Å². The van der Waals surface area contributed by atoms with E-state index in [9.17, 15) is 4.79 Å². The molecule has 1 amide bonds. The average Bonchev–Trinajstić information content (AvgIpc) is 2.60. The third kappa shape index (κ3) is 5.11. The first-order valence-corrected chi connectivity index (χ1v) is 6.15. The Hall–Kier alpha value is -1.19. The first kappa shape index (κ1) is 13.9. The molecule has 1 fully saturated rings. The molecule has 0 aromatic rings. The highest BCUT2D eigenvalue weighted by atomic mass is 16.6. The number of carbonyl (C=O) groups excluding carboxylic acids is 1. The highest BCUT2D eigenvalue weighted by Gasteiger charge is 2.23. The fourth-order valence-corrected chi connectivity index (χ4v) is 1.89. The molecule has 1 rings (SSSR count). The molecule has 0 bridgehead atoms. The van der Waals surface area contributed by atoms with E-state index in [1.807, 2.05) is 27.7 Å². The molecule has 98 valence electrons. The maximum atomic E-state index is 11.5. The molecule has 4 nitrogen and oxygen atoms in total. The Balaban J connectivity index is 2.24. The SMILES string of the molecule is C=C(C)N1CCC(CNC(=O)OC(C)(C)C)C1. The topological polar surface area (TPSA) is 41.6 Å². The second-order valence-electron chi connectivity index (χ2n) is 5.72. The molecule has 4 heteroatoms. The van der Waals surface area contributed by atoms with Crippen molar-refractivity contribution in [2.45, 2.75) is 39.7 Å². The summed E-state index contributed by atoms with van der Waals surface area (Å²) in [6, 6.07) is 0. The molecule has 1 saturated heterocycles. The Bertz CT molecular complexity index is 294. The zero-order valence-corrected chi connectivity index (χ0v) is 11.4. The van der Waals surface area contributed by atoms with Crippen LogP contribution in [0.3, 0.4) is 0 Å². The molecule has 1 N–H and O–H groups in total. The molecular formula is C13H24N2O2. The van der Waals surface area contributed by atoms with Crippen molar-refractivity contribution >= 4 is 6.09 Å². The van der Waals surface area contributed by atoms with E-state index in [4.69, 9.17) is 4.74 Å². The summed E-state index contributed by atoms with van der Waals surface area (Å²) in [5.41, 5.74) is 0.675. The molecule has 1 aliphatic heterocycles. The van der Waals surface area contributed by atoms with Crippen molar-refractivity contribution in [1.29, 1.82) is 0 Å². The number of amides is 1. The minimum absolute atomic E-state index is 0.328. The highest BCUT2D eigenvalue weighted by Crippen LogP contribution is 2.18. The Kier molecular flexibility index (Phi) is 4.43. The second-order valence-corrected chi connectivity index (χ2v) is 5.72. The summed E-state index contributed by atoms with van der Waals surface area (Å²) >= 11 is 0. The van der Waals surface area contributed by atoms with Crippen LogP contribution in [0.2, 0.25) is 0 Å². The molecular weight excluding hydrogens is 216 g/mol. The van der Waals surface area contributed by atoms with Gasteiger partial charge in [0.25, 0.3) is 0 Å². The number of likely N-dealkylation sites (tertiary alicyclic amines) is 1. The summed E-state index contributed by atoms with van der Waals surface area (Å²) in [5, 5.41) is 2.82. The maximum absolute atomic E-state index is 11.5. The summed E-state index contributed by atoms with van der Waals surface area (Å²) in [6.45, 7) is 14.2. The largest absolute Gasteiger partial charge is 0.444 e. The third-order valence-corrected chi connectivity index (χ3v) is 2.76. The number of allylic oxidation sites excluding steroid dienone is 1. The van der Waals surface area contributed by atoms with E-state index in [0.717, 1.165) is 25.2 Å². The first-order chi connectivity index (χ1) is 7.78. The van der Waals surface area contributed by atoms with Crippen molar-refractivity contribution in [3.63, 3.8) is 0 Å². The number of hydrogen-bond acceptors (Lipinski definition) is 3. The van der Waals surface area contributed by atoms with E-state index in [1.165, 1.54) is 0 Å². The summed E-state index contributed by atoms with van der Waals surface area (Å²) in [4.78, 5) is 13.7. The number of carbonyl (C=O) groups is 1. The van der Waals surface area contributed by atoms with E-state index in [0.29, 0.717) is 12.5 Å². The van der Waals surface area contributed by atoms with Crippen LogP contribution < -0.4 is 5.32 Å². The average molecular weight is 240 g/mol. The fourth-order valence-electron chi connectivity index (χ4n) is 1.89. The minimum Gasteiger partial charge on any atom is -0.444 e. The molecule has 1 aliphatic rings. The van der Waals surface area contributed by atoms with E-state index >= 15 is 0 Å². The van der Waals surface area contributed by atoms with Gasteiger partial charge in [-0.1, -0.05) is 6.58 Å². The van der Waals surface area contributed by atoms with Crippen molar-refractivity contribution in [2.24, 2.45) is 5.92 Å². The van der Waals surface area contributed by atoms with Gasteiger partial charge in [-0.15, -0.1) is 0 Å². The highest BCUT2D eigenvalue weighted by molar-refractivity contribution is 5.67. The zero-order chi connectivity index (χ0) is 13.1. The Morgan fingerprint density at radius 2 is 2.18 bits per heavy atom. The van der Waals surface area contributed by atoms with E-state index in [1.54, 1.807) is 0 Å². The van der Waals surface area contributed by atoms with Crippen LogP contribution >= 0.6 is 0 Å². The molecule has 0 saturated carbocycles. The Morgan fingerprint density at radius 3 is 2.65 bits per heavy atom. The van der Waals surface area contributed by atoms with Crippen LogP contribution in [-0.4, -0.2) is 36.2 Å². The second kappa shape index (κ2) is 5.43. The molecule has 1 atom stereocenters. The smallest absolute Gasteiger partial charge is 0.407 e. The third-order valence-electron chi connectivity index (χ3n) is 2.76. The quantitative estimate of drug-likeness (QED) is 0.823. The van der Waals surface area contributed by atoms with Crippen molar-refractivity contribution in [3.05, 3.63) is 12.3 Å². The van der Waals surface area contributed by atoms with Crippen LogP contribution in [-0.2, 0) is 4.74 Å². The summed E-state index contributed by atoms with van der Waals surface area (Å²) < 4.78 is 5.19. The monoisotopic (exact) mass is 240 g/mol. The molecule has 17 heavy (non-hydrogen) atoms. The van der Waals surface area contributed by atoms with E-state index < -0.39 is 5.60 Å². The Labute approximate surface area is 104 Å². The minimum atomic E-state index is -0.427. The van der Waals surface area contributed by atoms with Crippen molar-refractivity contribution in [3.8, 4) is 0 Å². The van der Waals surface area contributed by atoms with Crippen LogP contribution in [0.5, 0.6) is 0 Å². The molecule has 1 unspecified atom stereocenters. The number of nitrogens with one attached hydrogen (secondary N) is 1. The van der Waals surface area contributed by atoms with Crippen LogP contribution in [0, 0.1) is 5.92 Å². The van der Waals surface area contributed by atoms with Crippen LogP contribution in [0.4, 0.5) is 4.79 Å². The van der Waals surface area contributed by atoms with Crippen molar-refractivity contribution in [1.82, 2.24) is 10.2 Å². The molecule has 0 aliphatic carbocycles. The predicted octanol–water partition coefficient (Wildman–Crippen LogP) is 2.37. The lowest BCUT2D eigenvalue weighted by molar-refractivity contribution is 0.0520. The molecule has 0 aromatic heterocycles. The van der Waals surface area contributed by atoms with Gasteiger partial charge in [-0.25, -0.2) is 4.79 Å². The fraction of sp³-hybridized carbons (Fsp3) is 0.769. The van der Waals surface area contributed by atoms with Crippen LogP contribution in [0.1, 0.15) is 34.1 Å². The zero-order valence-electron chi connectivity index (χ0n) is 11.4. The summed E-state index contributed by atoms with van der Waals surface area (Å²) in [6.07, 6.45) is 0.772. The van der Waals surface area contributed by atoms with Gasteiger partial charge in [-0.3, -0.25) is 0 Å². The molecule has 0 aromatic carbocycles. The summed E-state index contributed by atoms with van der Waals surface area (Å²) in [5.74, 6) is 0.499. The maximum Gasteiger partial charge on any atom is 0.407 e. The number of rotatable bonds is 3. The van der Waals surface area contributed by atoms with Gasteiger partial charge in [-0.2, -0.15) is 0 Å². The normalized spacial score (nSPS) is 20.2. The molecule has 0 spiro atoms.